The number of rotatable bonds is 6. The van der Waals surface area contributed by atoms with Crippen molar-refractivity contribution in [3.8, 4) is 11.5 Å². The molecule has 3 rings (SSSR count). The maximum atomic E-state index is 12.3. The average Bonchev–Trinajstić information content (AvgIpc) is 2.86. The summed E-state index contributed by atoms with van der Waals surface area (Å²) in [6.45, 7) is 3.27. The second-order valence-corrected chi connectivity index (χ2v) is 6.70. The standard InChI is InChI=1S/C20H24N4O4/c1-14-6-7-21-18(10-14)23-20(26)13-24(2)12-19(25)22-15-4-5-16-17(11-15)28-9-3-8-27-16/h4-7,10-11H,3,8-9,12-13H2,1-2H3,(H,22,25)(H,21,23,26). The van der Waals surface area contributed by atoms with E-state index in [-0.39, 0.29) is 24.9 Å². The zero-order valence-electron chi connectivity index (χ0n) is 16.0. The number of benzene rings is 1. The highest BCUT2D eigenvalue weighted by Gasteiger charge is 2.14. The molecule has 148 valence electrons. The van der Waals surface area contributed by atoms with Gasteiger partial charge in [0.2, 0.25) is 11.8 Å². The van der Waals surface area contributed by atoms with Crippen molar-refractivity contribution in [2.24, 2.45) is 0 Å². The van der Waals surface area contributed by atoms with E-state index in [1.54, 1.807) is 42.4 Å². The molecule has 8 nitrogen and oxygen atoms in total. The lowest BCUT2D eigenvalue weighted by Crippen LogP contribution is -2.36. The lowest BCUT2D eigenvalue weighted by Gasteiger charge is -2.16. The maximum Gasteiger partial charge on any atom is 0.239 e. The summed E-state index contributed by atoms with van der Waals surface area (Å²) < 4.78 is 11.2. The largest absolute Gasteiger partial charge is 0.490 e. The highest BCUT2D eigenvalue weighted by molar-refractivity contribution is 5.94. The molecular formula is C20H24N4O4. The highest BCUT2D eigenvalue weighted by Crippen LogP contribution is 2.32. The Morgan fingerprint density at radius 1 is 1.04 bits per heavy atom. The molecule has 0 bridgehead atoms. The van der Waals surface area contributed by atoms with Gasteiger partial charge in [-0.05, 0) is 43.8 Å². The summed E-state index contributed by atoms with van der Waals surface area (Å²) >= 11 is 0. The van der Waals surface area contributed by atoms with Crippen molar-refractivity contribution < 1.29 is 19.1 Å². The number of fused-ring (bicyclic) bond motifs is 1. The molecule has 0 radical (unpaired) electrons. The van der Waals surface area contributed by atoms with Gasteiger partial charge in [-0.1, -0.05) is 0 Å². The van der Waals surface area contributed by atoms with E-state index >= 15 is 0 Å². The Morgan fingerprint density at radius 3 is 2.50 bits per heavy atom. The molecule has 0 unspecified atom stereocenters. The Morgan fingerprint density at radius 2 is 1.75 bits per heavy atom. The molecule has 0 saturated carbocycles. The number of pyridine rings is 1. The number of carbonyl (C=O) groups is 2. The molecule has 2 N–H and O–H groups in total. The third-order valence-electron chi connectivity index (χ3n) is 4.04. The molecule has 2 aromatic rings. The van der Waals surface area contributed by atoms with Crippen molar-refractivity contribution in [1.82, 2.24) is 9.88 Å². The molecule has 0 fully saturated rings. The van der Waals surface area contributed by atoms with Crippen LogP contribution in [-0.2, 0) is 9.59 Å². The van der Waals surface area contributed by atoms with Gasteiger partial charge < -0.3 is 20.1 Å². The SMILES string of the molecule is Cc1ccnc(NC(=O)CN(C)CC(=O)Nc2ccc3c(c2)OCCCO3)c1. The molecule has 28 heavy (non-hydrogen) atoms. The Balaban J connectivity index is 1.49. The fraction of sp³-hybridized carbons (Fsp3) is 0.350. The van der Waals surface area contributed by atoms with Crippen molar-refractivity contribution in [2.45, 2.75) is 13.3 Å². The summed E-state index contributed by atoms with van der Waals surface area (Å²) in [6.07, 6.45) is 2.46. The van der Waals surface area contributed by atoms with Crippen LogP contribution in [0.4, 0.5) is 11.5 Å². The summed E-state index contributed by atoms with van der Waals surface area (Å²) in [4.78, 5) is 30.1. The second-order valence-electron chi connectivity index (χ2n) is 6.70. The van der Waals surface area contributed by atoms with Crippen LogP contribution < -0.4 is 20.1 Å². The van der Waals surface area contributed by atoms with E-state index in [4.69, 9.17) is 9.47 Å². The maximum absolute atomic E-state index is 12.3. The zero-order chi connectivity index (χ0) is 19.9. The number of aromatic nitrogens is 1. The number of likely N-dealkylation sites (N-methyl/N-ethyl adjacent to an activating group) is 1. The molecule has 0 aliphatic carbocycles. The number of ether oxygens (including phenoxy) is 2. The van der Waals surface area contributed by atoms with Gasteiger partial charge in [0.1, 0.15) is 5.82 Å². The van der Waals surface area contributed by atoms with E-state index < -0.39 is 0 Å². The van der Waals surface area contributed by atoms with E-state index in [1.165, 1.54) is 0 Å². The number of carbonyl (C=O) groups excluding carboxylic acids is 2. The van der Waals surface area contributed by atoms with Crippen LogP contribution in [-0.4, -0.2) is 55.0 Å². The van der Waals surface area contributed by atoms with Gasteiger partial charge in [-0.25, -0.2) is 4.98 Å². The number of nitrogens with one attached hydrogen (secondary N) is 2. The Hall–Kier alpha value is -3.13. The topological polar surface area (TPSA) is 92.8 Å². The summed E-state index contributed by atoms with van der Waals surface area (Å²) in [5.74, 6) is 1.33. The minimum atomic E-state index is -0.232. The minimum Gasteiger partial charge on any atom is -0.490 e. The third kappa shape index (κ3) is 5.68. The van der Waals surface area contributed by atoms with Gasteiger partial charge in [-0.3, -0.25) is 14.5 Å². The molecule has 1 aromatic heterocycles. The monoisotopic (exact) mass is 384 g/mol. The van der Waals surface area contributed by atoms with Gasteiger partial charge in [0.15, 0.2) is 11.5 Å². The quantitative estimate of drug-likeness (QED) is 0.792. The van der Waals surface area contributed by atoms with Crippen LogP contribution in [0.15, 0.2) is 36.5 Å². The number of hydrogen-bond donors (Lipinski definition) is 2. The molecule has 0 saturated heterocycles. The smallest absolute Gasteiger partial charge is 0.239 e. The van der Waals surface area contributed by atoms with E-state index in [2.05, 4.69) is 15.6 Å². The van der Waals surface area contributed by atoms with Crippen LogP contribution in [0.3, 0.4) is 0 Å². The third-order valence-corrected chi connectivity index (χ3v) is 4.04. The normalized spacial score (nSPS) is 13.0. The number of amides is 2. The Kier molecular flexibility index (Phi) is 6.44. The first-order chi connectivity index (χ1) is 13.5. The van der Waals surface area contributed by atoms with Crippen LogP contribution >= 0.6 is 0 Å². The molecule has 1 aromatic carbocycles. The average molecular weight is 384 g/mol. The predicted octanol–water partition coefficient (Wildman–Crippen LogP) is 2.06. The lowest BCUT2D eigenvalue weighted by atomic mass is 10.2. The molecule has 1 aliphatic heterocycles. The van der Waals surface area contributed by atoms with Gasteiger partial charge in [0.05, 0.1) is 26.3 Å². The van der Waals surface area contributed by atoms with Crippen molar-refractivity contribution in [1.29, 1.82) is 0 Å². The van der Waals surface area contributed by atoms with Crippen LogP contribution in [0.1, 0.15) is 12.0 Å². The van der Waals surface area contributed by atoms with Crippen molar-refractivity contribution in [3.05, 3.63) is 42.1 Å². The van der Waals surface area contributed by atoms with Gasteiger partial charge in [-0.15, -0.1) is 0 Å². The van der Waals surface area contributed by atoms with Gasteiger partial charge in [0.25, 0.3) is 0 Å². The van der Waals surface area contributed by atoms with Crippen LogP contribution in [0.5, 0.6) is 11.5 Å². The fourth-order valence-corrected chi connectivity index (χ4v) is 2.77. The van der Waals surface area contributed by atoms with Crippen LogP contribution in [0, 0.1) is 6.92 Å². The van der Waals surface area contributed by atoms with E-state index in [1.807, 2.05) is 13.0 Å². The number of nitrogens with zero attached hydrogens (tertiary/aromatic N) is 2. The van der Waals surface area contributed by atoms with Gasteiger partial charge >= 0.3 is 0 Å². The second kappa shape index (κ2) is 9.18. The Labute approximate surface area is 163 Å². The Bertz CT molecular complexity index is 856. The van der Waals surface area contributed by atoms with Gasteiger partial charge in [0, 0.05) is 24.4 Å². The molecule has 0 atom stereocenters. The van der Waals surface area contributed by atoms with Crippen molar-refractivity contribution in [2.75, 3.05) is 44.0 Å². The fourth-order valence-electron chi connectivity index (χ4n) is 2.77. The molecule has 8 heteroatoms. The number of aryl methyl sites for hydroxylation is 1. The van der Waals surface area contributed by atoms with E-state index in [9.17, 15) is 9.59 Å². The lowest BCUT2D eigenvalue weighted by molar-refractivity contribution is -0.119. The first kappa shape index (κ1) is 19.6. The van der Waals surface area contributed by atoms with Crippen molar-refractivity contribution in [3.63, 3.8) is 0 Å². The zero-order valence-corrected chi connectivity index (χ0v) is 16.0. The number of hydrogen-bond acceptors (Lipinski definition) is 6. The minimum absolute atomic E-state index is 0.0725. The summed E-state index contributed by atoms with van der Waals surface area (Å²) in [7, 11) is 1.71. The molecule has 2 heterocycles. The molecule has 1 aliphatic rings. The predicted molar refractivity (Wildman–Crippen MR) is 106 cm³/mol. The van der Waals surface area contributed by atoms with Gasteiger partial charge in [-0.2, -0.15) is 0 Å². The first-order valence-corrected chi connectivity index (χ1v) is 9.10. The molecule has 2 amide bonds. The van der Waals surface area contributed by atoms with Crippen LogP contribution in [0.2, 0.25) is 0 Å². The molecular weight excluding hydrogens is 360 g/mol. The summed E-state index contributed by atoms with van der Waals surface area (Å²) in [5, 5.41) is 5.54. The van der Waals surface area contributed by atoms with E-state index in [0.29, 0.717) is 36.2 Å². The summed E-state index contributed by atoms with van der Waals surface area (Å²) in [6, 6.07) is 8.93. The highest BCUT2D eigenvalue weighted by atomic mass is 16.5. The van der Waals surface area contributed by atoms with E-state index in [0.717, 1.165) is 12.0 Å². The molecule has 0 spiro atoms. The summed E-state index contributed by atoms with van der Waals surface area (Å²) in [5.41, 5.74) is 1.63. The first-order valence-electron chi connectivity index (χ1n) is 9.10. The number of anilines is 2. The van der Waals surface area contributed by atoms with Crippen molar-refractivity contribution >= 4 is 23.3 Å². The van der Waals surface area contributed by atoms with Crippen LogP contribution in [0.25, 0.3) is 0 Å².